The molecule has 5 nitrogen and oxygen atoms in total. The fraction of sp³-hybridized carbons (Fsp3) is 0.577. The number of aromatic nitrogens is 1. The molecule has 33 heavy (non-hydrogen) atoms. The highest BCUT2D eigenvalue weighted by atomic mass is 32.2. The summed E-state index contributed by atoms with van der Waals surface area (Å²) in [6, 6.07) is 9.55. The molecule has 0 spiro atoms. The van der Waals surface area contributed by atoms with Gasteiger partial charge in [0.2, 0.25) is 5.88 Å². The minimum Gasteiger partial charge on any atom is -0.472 e. The number of hydrogen-bond acceptors (Lipinski definition) is 5. The molecule has 1 aliphatic heterocycles. The minimum absolute atomic E-state index is 0.176. The van der Waals surface area contributed by atoms with Crippen molar-refractivity contribution in [1.29, 1.82) is 0 Å². The van der Waals surface area contributed by atoms with Gasteiger partial charge >= 0.3 is 0 Å². The molecular formula is C26H40FN3O2S. The number of halogens is 1. The normalized spacial score (nSPS) is 16.1. The van der Waals surface area contributed by atoms with Crippen LogP contribution < -0.4 is 14.5 Å². The summed E-state index contributed by atoms with van der Waals surface area (Å²) in [5, 5.41) is 0. The Morgan fingerprint density at radius 3 is 2.27 bits per heavy atom. The molecule has 0 radical (unpaired) electrons. The standard InChI is InChI=1S/C26H40FN3O2S/c1-25(2,3)32-23-19-21(11-13-28-23)29-14-16-30(17-15-29)22-10-8-9-20(24(22)27)12-18-33(7,31)26(4,5)6/h8-11,13,19,33H,12,14-18H2,1-7H3. The maximum Gasteiger partial charge on any atom is 0.215 e. The second-order valence-corrected chi connectivity index (χ2v) is 15.0. The van der Waals surface area contributed by atoms with Crippen LogP contribution in [0.15, 0.2) is 36.5 Å². The zero-order chi connectivity index (χ0) is 24.4. The monoisotopic (exact) mass is 477 g/mol. The highest BCUT2D eigenvalue weighted by Gasteiger charge is 2.27. The highest BCUT2D eigenvalue weighted by molar-refractivity contribution is 8.03. The third kappa shape index (κ3) is 6.46. The Hall–Kier alpha value is -2.15. The summed E-state index contributed by atoms with van der Waals surface area (Å²) in [7, 11) is -2.37. The first-order valence-electron chi connectivity index (χ1n) is 11.8. The van der Waals surface area contributed by atoms with Crippen LogP contribution in [0.5, 0.6) is 5.88 Å². The van der Waals surface area contributed by atoms with Gasteiger partial charge < -0.3 is 14.5 Å². The second kappa shape index (κ2) is 9.61. The molecule has 0 atom stereocenters. The van der Waals surface area contributed by atoms with E-state index in [1.807, 2.05) is 78.1 Å². The molecule has 0 unspecified atom stereocenters. The van der Waals surface area contributed by atoms with E-state index in [2.05, 4.69) is 14.8 Å². The number of hydrogen-bond donors (Lipinski definition) is 1. The predicted octanol–water partition coefficient (Wildman–Crippen LogP) is 4.71. The van der Waals surface area contributed by atoms with Crippen molar-refractivity contribution in [2.45, 2.75) is 58.3 Å². The number of ether oxygens (including phenoxy) is 1. The Morgan fingerprint density at radius 1 is 1.03 bits per heavy atom. The van der Waals surface area contributed by atoms with Crippen molar-refractivity contribution < 1.29 is 13.3 Å². The number of benzene rings is 1. The van der Waals surface area contributed by atoms with E-state index in [1.54, 1.807) is 6.20 Å². The summed E-state index contributed by atoms with van der Waals surface area (Å²) in [5.41, 5.74) is 2.06. The molecule has 0 saturated carbocycles. The lowest BCUT2D eigenvalue weighted by Gasteiger charge is -2.38. The first-order valence-corrected chi connectivity index (χ1v) is 14.1. The molecule has 3 rings (SSSR count). The number of nitrogens with zero attached hydrogens (tertiary/aromatic N) is 3. The van der Waals surface area contributed by atoms with E-state index in [0.29, 0.717) is 29.3 Å². The molecule has 0 amide bonds. The molecule has 0 bridgehead atoms. The van der Waals surface area contributed by atoms with Crippen molar-refractivity contribution in [3.05, 3.63) is 47.9 Å². The Labute approximate surface area is 199 Å². The molecular weight excluding hydrogens is 437 g/mol. The van der Waals surface area contributed by atoms with E-state index in [4.69, 9.17) is 4.74 Å². The molecule has 1 aliphatic rings. The average Bonchev–Trinajstić information content (AvgIpc) is 2.71. The Kier molecular flexibility index (Phi) is 7.42. The molecule has 1 aromatic carbocycles. The van der Waals surface area contributed by atoms with Crippen LogP contribution in [0.3, 0.4) is 0 Å². The van der Waals surface area contributed by atoms with Gasteiger partial charge in [-0.25, -0.2) is 9.37 Å². The third-order valence-corrected chi connectivity index (χ3v) is 10.3. The second-order valence-electron chi connectivity index (χ2n) is 11.0. The number of rotatable bonds is 6. The molecule has 1 saturated heterocycles. The quantitative estimate of drug-likeness (QED) is 0.611. The van der Waals surface area contributed by atoms with E-state index in [1.165, 1.54) is 0 Å². The van der Waals surface area contributed by atoms with Crippen molar-refractivity contribution in [3.8, 4) is 5.88 Å². The van der Waals surface area contributed by atoms with E-state index in [9.17, 15) is 4.21 Å². The molecule has 1 aromatic heterocycles. The highest BCUT2D eigenvalue weighted by Crippen LogP contribution is 2.28. The van der Waals surface area contributed by atoms with Crippen LogP contribution in [0.2, 0.25) is 0 Å². The van der Waals surface area contributed by atoms with Crippen LogP contribution in [0, 0.1) is 5.82 Å². The molecule has 1 fully saturated rings. The number of piperazine rings is 1. The zero-order valence-electron chi connectivity index (χ0n) is 21.2. The van der Waals surface area contributed by atoms with Crippen molar-refractivity contribution >= 4 is 21.3 Å². The summed E-state index contributed by atoms with van der Waals surface area (Å²) >= 11 is 0. The van der Waals surface area contributed by atoms with E-state index >= 15 is 4.39 Å². The van der Waals surface area contributed by atoms with E-state index in [0.717, 1.165) is 31.9 Å². The van der Waals surface area contributed by atoms with Gasteiger partial charge in [-0.15, -0.1) is 9.93 Å². The van der Waals surface area contributed by atoms with E-state index < -0.39 is 9.93 Å². The van der Waals surface area contributed by atoms with Gasteiger partial charge in [0.25, 0.3) is 0 Å². The molecule has 2 heterocycles. The van der Waals surface area contributed by atoms with Crippen molar-refractivity contribution in [1.82, 2.24) is 4.98 Å². The van der Waals surface area contributed by atoms with Crippen LogP contribution in [0.1, 0.15) is 47.1 Å². The average molecular weight is 478 g/mol. The summed E-state index contributed by atoms with van der Waals surface area (Å²) in [4.78, 5) is 8.72. The fourth-order valence-electron chi connectivity index (χ4n) is 3.84. The van der Waals surface area contributed by atoms with Gasteiger partial charge in [-0.1, -0.05) is 32.9 Å². The van der Waals surface area contributed by atoms with Crippen molar-refractivity contribution in [3.63, 3.8) is 0 Å². The van der Waals surface area contributed by atoms with Crippen LogP contribution >= 0.6 is 0 Å². The lowest BCUT2D eigenvalue weighted by atomic mass is 10.1. The lowest BCUT2D eigenvalue weighted by Crippen LogP contribution is -2.47. The Balaban J connectivity index is 1.66. The summed E-state index contributed by atoms with van der Waals surface area (Å²) in [6.07, 6.45) is 4.11. The first-order chi connectivity index (χ1) is 15.3. The smallest absolute Gasteiger partial charge is 0.215 e. The zero-order valence-corrected chi connectivity index (χ0v) is 22.1. The number of pyridine rings is 1. The van der Waals surface area contributed by atoms with Gasteiger partial charge in [-0.2, -0.15) is 0 Å². The predicted molar refractivity (Wildman–Crippen MR) is 139 cm³/mol. The maximum atomic E-state index is 15.4. The van der Waals surface area contributed by atoms with Gasteiger partial charge in [-0.3, -0.25) is 4.21 Å². The summed E-state index contributed by atoms with van der Waals surface area (Å²) < 4.78 is 34.1. The number of aryl methyl sites for hydroxylation is 1. The van der Waals surface area contributed by atoms with Gasteiger partial charge in [0.15, 0.2) is 0 Å². The lowest BCUT2D eigenvalue weighted by molar-refractivity contribution is 0.124. The largest absolute Gasteiger partial charge is 0.472 e. The van der Waals surface area contributed by atoms with Gasteiger partial charge in [-0.05, 0) is 51.1 Å². The van der Waals surface area contributed by atoms with Gasteiger partial charge in [0.05, 0.1) is 5.69 Å². The molecule has 7 heteroatoms. The Bertz CT molecular complexity index is 1010. The van der Waals surface area contributed by atoms with Crippen LogP contribution in [-0.2, 0) is 16.4 Å². The van der Waals surface area contributed by atoms with Crippen LogP contribution in [0.4, 0.5) is 15.8 Å². The van der Waals surface area contributed by atoms with Crippen molar-refractivity contribution in [2.75, 3.05) is 48.0 Å². The summed E-state index contributed by atoms with van der Waals surface area (Å²) in [6.45, 7) is 15.1. The topological polar surface area (TPSA) is 45.7 Å². The van der Waals surface area contributed by atoms with Gasteiger partial charge in [0, 0.05) is 54.6 Å². The maximum absolute atomic E-state index is 15.4. The number of thiol groups is 1. The van der Waals surface area contributed by atoms with E-state index in [-0.39, 0.29) is 16.2 Å². The molecule has 2 aromatic rings. The molecule has 0 aliphatic carbocycles. The minimum atomic E-state index is -2.37. The fourth-order valence-corrected chi connectivity index (χ4v) is 5.18. The van der Waals surface area contributed by atoms with Crippen LogP contribution in [0.25, 0.3) is 0 Å². The first kappa shape index (κ1) is 25.5. The third-order valence-electron chi connectivity index (χ3n) is 6.40. The van der Waals surface area contributed by atoms with Crippen molar-refractivity contribution in [2.24, 2.45) is 0 Å². The Morgan fingerprint density at radius 2 is 1.67 bits per heavy atom. The molecule has 0 N–H and O–H groups in total. The van der Waals surface area contributed by atoms with Gasteiger partial charge in [0.1, 0.15) is 11.4 Å². The number of anilines is 2. The SMILES string of the molecule is CC(C)(C)Oc1cc(N2CCN(c3cccc(CC[SH](C)(=O)C(C)(C)C)c3F)CC2)ccn1. The van der Waals surface area contributed by atoms with Crippen LogP contribution in [-0.4, -0.2) is 57.7 Å². The summed E-state index contributed by atoms with van der Waals surface area (Å²) in [5.74, 6) is 0.959. The molecule has 184 valence electrons.